The van der Waals surface area contributed by atoms with Crippen molar-refractivity contribution in [3.63, 3.8) is 0 Å². The topological polar surface area (TPSA) is 0 Å². The predicted molar refractivity (Wildman–Crippen MR) is 47.0 cm³/mol. The molecule has 1 aliphatic carbocycles. The molecule has 0 N–H and O–H groups in total. The Labute approximate surface area is 132 Å². The average Bonchev–Trinajstić information content (AvgIpc) is 2.70. The van der Waals surface area contributed by atoms with E-state index in [9.17, 15) is 21.7 Å². The predicted octanol–water partition coefficient (Wildman–Crippen LogP) is 0.641. The molecule has 2 rings (SSSR count). The van der Waals surface area contributed by atoms with Crippen LogP contribution in [0.15, 0.2) is 30.3 Å². The van der Waals surface area contributed by atoms with Crippen LogP contribution in [-0.4, -0.2) is 12.9 Å². The van der Waals surface area contributed by atoms with Crippen molar-refractivity contribution < 1.29 is 73.1 Å². The van der Waals surface area contributed by atoms with E-state index < -0.39 is 24.6 Å². The molecule has 0 spiro atoms. The van der Waals surface area contributed by atoms with Crippen molar-refractivity contribution in [1.82, 2.24) is 0 Å². The fourth-order valence-corrected chi connectivity index (χ4v) is 1.91. The van der Waals surface area contributed by atoms with Gasteiger partial charge in [0.25, 0.3) is 0 Å². The monoisotopic (exact) mass is 260 g/mol. The number of rotatable bonds is 2. The number of hydrogen-bond acceptors (Lipinski definition) is 0. The molecule has 2 unspecified atom stereocenters. The smallest absolute Gasteiger partial charge is 0.449 e. The number of alkyl halides is 2. The minimum absolute atomic E-state index is 0. The van der Waals surface area contributed by atoms with Crippen LogP contribution in [0.1, 0.15) is 11.5 Å². The fourth-order valence-electron chi connectivity index (χ4n) is 1.91. The second-order valence-electron chi connectivity index (χ2n) is 3.71. The molecule has 2 atom stereocenters. The maximum Gasteiger partial charge on any atom is 1.00 e. The van der Waals surface area contributed by atoms with Gasteiger partial charge in [-0.25, -0.2) is 8.78 Å². The van der Waals surface area contributed by atoms with Gasteiger partial charge in [-0.3, -0.25) is 0 Å². The first kappa shape index (κ1) is 14.6. The van der Waals surface area contributed by atoms with Crippen molar-refractivity contribution in [3.8, 4) is 0 Å². The molecule has 0 aliphatic heterocycles. The molecule has 0 bridgehead atoms. The van der Waals surface area contributed by atoms with Gasteiger partial charge in [0.15, 0.2) is 0 Å². The van der Waals surface area contributed by atoms with Crippen molar-refractivity contribution in [2.45, 2.75) is 17.7 Å². The molecule has 0 heterocycles. The first-order valence-corrected chi connectivity index (χ1v) is 4.48. The summed E-state index contributed by atoms with van der Waals surface area (Å²) in [7, 11) is 0. The largest absolute Gasteiger partial charge is 1.00 e. The zero-order valence-corrected chi connectivity index (χ0v) is 11.6. The molecule has 1 saturated carbocycles. The first-order chi connectivity index (χ1) is 6.85. The van der Waals surface area contributed by atoms with Crippen LogP contribution in [0.4, 0.5) is 21.7 Å². The zero-order valence-electron chi connectivity index (χ0n) is 8.51. The molecule has 0 nitrogen and oxygen atoms in total. The average molecular weight is 260 g/mol. The van der Waals surface area contributed by atoms with Gasteiger partial charge < -0.3 is 12.9 Å². The molecular weight excluding hydrogens is 253 g/mol. The van der Waals surface area contributed by atoms with Crippen molar-refractivity contribution in [3.05, 3.63) is 35.9 Å². The van der Waals surface area contributed by atoms with E-state index in [2.05, 4.69) is 0 Å². The van der Waals surface area contributed by atoms with Crippen LogP contribution in [0.2, 0.25) is 5.82 Å². The van der Waals surface area contributed by atoms with E-state index in [4.69, 9.17) is 0 Å². The summed E-state index contributed by atoms with van der Waals surface area (Å²) in [6.45, 7) is -5.47. The van der Waals surface area contributed by atoms with E-state index >= 15 is 0 Å². The van der Waals surface area contributed by atoms with Crippen LogP contribution in [0.5, 0.6) is 0 Å². The zero-order chi connectivity index (χ0) is 11.3. The Bertz CT molecular complexity index is 364. The van der Waals surface area contributed by atoms with Gasteiger partial charge in [-0.15, -0.1) is 0 Å². The van der Waals surface area contributed by atoms with Crippen molar-refractivity contribution in [2.75, 3.05) is 0 Å². The van der Waals surface area contributed by atoms with E-state index in [1.54, 1.807) is 6.07 Å². The third-order valence-electron chi connectivity index (χ3n) is 2.67. The summed E-state index contributed by atoms with van der Waals surface area (Å²) in [4.78, 5) is 0. The van der Waals surface area contributed by atoms with Crippen LogP contribution in [0.3, 0.4) is 0 Å². The molecule has 7 heteroatoms. The van der Waals surface area contributed by atoms with E-state index in [0.29, 0.717) is 0 Å². The van der Waals surface area contributed by atoms with Crippen LogP contribution >= 0.6 is 0 Å². The van der Waals surface area contributed by atoms with Crippen LogP contribution in [-0.2, 0) is 0 Å². The minimum Gasteiger partial charge on any atom is -0.449 e. The molecule has 1 fully saturated rings. The Morgan fingerprint density at radius 3 is 1.88 bits per heavy atom. The van der Waals surface area contributed by atoms with Crippen molar-refractivity contribution >= 4 is 6.98 Å². The van der Waals surface area contributed by atoms with Gasteiger partial charge in [0.2, 0.25) is 5.92 Å². The molecule has 1 aliphatic rings. The van der Waals surface area contributed by atoms with Crippen molar-refractivity contribution in [1.29, 1.82) is 0 Å². The van der Waals surface area contributed by atoms with Gasteiger partial charge in [-0.1, -0.05) is 30.3 Å². The molecule has 0 aromatic heterocycles. The van der Waals surface area contributed by atoms with Crippen molar-refractivity contribution in [2.24, 2.45) is 0 Å². The Balaban J connectivity index is 0.00000128. The number of halogens is 5. The number of hydrogen-bond donors (Lipinski definition) is 0. The molecule has 16 heavy (non-hydrogen) atoms. The Morgan fingerprint density at radius 2 is 1.50 bits per heavy atom. The third-order valence-corrected chi connectivity index (χ3v) is 2.67. The van der Waals surface area contributed by atoms with E-state index in [-0.39, 0.29) is 56.9 Å². The van der Waals surface area contributed by atoms with E-state index in [1.807, 2.05) is 0 Å². The summed E-state index contributed by atoms with van der Waals surface area (Å²) >= 11 is 0. The summed E-state index contributed by atoms with van der Waals surface area (Å²) in [5, 5.41) is 0. The van der Waals surface area contributed by atoms with Crippen LogP contribution in [0, 0.1) is 0 Å². The fraction of sp³-hybridized carbons (Fsp3) is 0.333. The maximum atomic E-state index is 12.9. The summed E-state index contributed by atoms with van der Waals surface area (Å²) in [5.74, 6) is -7.77. The molecule has 1 aromatic rings. The first-order valence-electron chi connectivity index (χ1n) is 4.48. The van der Waals surface area contributed by atoms with Crippen LogP contribution < -0.4 is 51.4 Å². The molecular formula is C9H7BF5K. The molecule has 82 valence electrons. The maximum absolute atomic E-state index is 12.9. The molecule has 0 radical (unpaired) electrons. The Morgan fingerprint density at radius 1 is 1.00 bits per heavy atom. The Hall–Kier alpha value is 0.571. The second-order valence-corrected chi connectivity index (χ2v) is 3.71. The standard InChI is InChI=1S/C9H7BF5.K/c11-9(12)7(8(9)10(13,14)15)6-4-2-1-3-5-6;/h1-5,7-8H;/q-1;+1. The number of benzene rings is 1. The Kier molecular flexibility index (Phi) is 4.28. The van der Waals surface area contributed by atoms with Gasteiger partial charge in [-0.05, 0) is 5.56 Å². The van der Waals surface area contributed by atoms with Gasteiger partial charge in [-0.2, -0.15) is 0 Å². The van der Waals surface area contributed by atoms with Gasteiger partial charge in [0, 0.05) is 11.7 Å². The van der Waals surface area contributed by atoms with E-state index in [1.165, 1.54) is 24.3 Å². The molecule has 0 saturated heterocycles. The van der Waals surface area contributed by atoms with Gasteiger partial charge in [0.05, 0.1) is 0 Å². The van der Waals surface area contributed by atoms with Crippen LogP contribution in [0.25, 0.3) is 0 Å². The minimum atomic E-state index is -5.47. The summed E-state index contributed by atoms with van der Waals surface area (Å²) in [6.07, 6.45) is 0. The van der Waals surface area contributed by atoms with E-state index in [0.717, 1.165) is 0 Å². The quantitative estimate of drug-likeness (QED) is 0.540. The third kappa shape index (κ3) is 2.53. The normalized spacial score (nSPS) is 27.1. The molecule has 0 amide bonds. The molecule has 1 aromatic carbocycles. The van der Waals surface area contributed by atoms with Gasteiger partial charge in [0.1, 0.15) is 0 Å². The summed E-state index contributed by atoms with van der Waals surface area (Å²) in [6, 6.07) is 7.12. The summed E-state index contributed by atoms with van der Waals surface area (Å²) in [5.41, 5.74) is 0.0618. The summed E-state index contributed by atoms with van der Waals surface area (Å²) < 4.78 is 62.6. The van der Waals surface area contributed by atoms with Gasteiger partial charge >= 0.3 is 58.4 Å². The SMILES string of the molecule is F[B-](F)(F)C1C(c2ccccc2)C1(F)F.[K+]. The second kappa shape index (κ2) is 4.68.